The zero-order chi connectivity index (χ0) is 13.9. The van der Waals surface area contributed by atoms with Crippen LogP contribution in [0.4, 0.5) is 11.8 Å². The molecule has 2 unspecified atom stereocenters. The van der Waals surface area contributed by atoms with Crippen LogP contribution in [-0.4, -0.2) is 23.1 Å². The maximum absolute atomic E-state index is 4.63. The number of fused-ring (bicyclic) bond motifs is 1. The standard InChI is InChI=1S/C16H22N4/c1-3-8-17-16-19-14-7-5-4-6-13(14)15(20-16)18-10-12-9-11(12)2/h4-7,11-12H,3,8-10H2,1-2H3,(H2,17,18,19,20). The normalized spacial score (nSPS) is 20.9. The number of hydrogen-bond acceptors (Lipinski definition) is 4. The number of rotatable bonds is 6. The highest BCUT2D eigenvalue weighted by Gasteiger charge is 2.32. The highest BCUT2D eigenvalue weighted by Crippen LogP contribution is 2.37. The van der Waals surface area contributed by atoms with Crippen molar-refractivity contribution in [3.05, 3.63) is 24.3 Å². The van der Waals surface area contributed by atoms with Crippen molar-refractivity contribution in [2.24, 2.45) is 11.8 Å². The molecule has 20 heavy (non-hydrogen) atoms. The fourth-order valence-corrected chi connectivity index (χ4v) is 2.44. The van der Waals surface area contributed by atoms with Gasteiger partial charge < -0.3 is 10.6 Å². The van der Waals surface area contributed by atoms with Gasteiger partial charge in [-0.05, 0) is 36.8 Å². The first kappa shape index (κ1) is 13.2. The van der Waals surface area contributed by atoms with E-state index in [0.29, 0.717) is 0 Å². The van der Waals surface area contributed by atoms with Crippen molar-refractivity contribution >= 4 is 22.7 Å². The number of hydrogen-bond donors (Lipinski definition) is 2. The van der Waals surface area contributed by atoms with Crippen LogP contribution in [-0.2, 0) is 0 Å². The van der Waals surface area contributed by atoms with Crippen LogP contribution in [0.5, 0.6) is 0 Å². The molecule has 2 N–H and O–H groups in total. The lowest BCUT2D eigenvalue weighted by molar-refractivity contribution is 0.785. The molecule has 2 atom stereocenters. The van der Waals surface area contributed by atoms with E-state index in [1.165, 1.54) is 6.42 Å². The Hall–Kier alpha value is -1.84. The Balaban J connectivity index is 1.85. The summed E-state index contributed by atoms with van der Waals surface area (Å²) in [7, 11) is 0. The molecule has 0 spiro atoms. The van der Waals surface area contributed by atoms with Gasteiger partial charge in [0.2, 0.25) is 5.95 Å². The summed E-state index contributed by atoms with van der Waals surface area (Å²) in [6.45, 7) is 6.35. The Kier molecular flexibility index (Phi) is 3.72. The van der Waals surface area contributed by atoms with Crippen LogP contribution in [0.1, 0.15) is 26.7 Å². The molecule has 0 radical (unpaired) electrons. The number of anilines is 2. The van der Waals surface area contributed by atoms with Crippen molar-refractivity contribution < 1.29 is 0 Å². The molecule has 4 heteroatoms. The summed E-state index contributed by atoms with van der Waals surface area (Å²) < 4.78 is 0. The third-order valence-corrected chi connectivity index (χ3v) is 3.94. The molecule has 4 nitrogen and oxygen atoms in total. The van der Waals surface area contributed by atoms with Gasteiger partial charge in [-0.2, -0.15) is 4.98 Å². The van der Waals surface area contributed by atoms with E-state index in [9.17, 15) is 0 Å². The summed E-state index contributed by atoms with van der Waals surface area (Å²) >= 11 is 0. The Morgan fingerprint density at radius 3 is 2.75 bits per heavy atom. The van der Waals surface area contributed by atoms with Crippen molar-refractivity contribution in [2.45, 2.75) is 26.7 Å². The largest absolute Gasteiger partial charge is 0.369 e. The van der Waals surface area contributed by atoms with Gasteiger partial charge in [0.05, 0.1) is 5.52 Å². The first-order valence-electron chi connectivity index (χ1n) is 7.52. The number of nitrogens with zero attached hydrogens (tertiary/aromatic N) is 2. The van der Waals surface area contributed by atoms with Gasteiger partial charge >= 0.3 is 0 Å². The second-order valence-corrected chi connectivity index (χ2v) is 5.69. The smallest absolute Gasteiger partial charge is 0.225 e. The van der Waals surface area contributed by atoms with Crippen LogP contribution in [0.25, 0.3) is 10.9 Å². The number of aromatic nitrogens is 2. The van der Waals surface area contributed by atoms with Gasteiger partial charge in [-0.3, -0.25) is 0 Å². The lowest BCUT2D eigenvalue weighted by atomic mass is 10.2. The monoisotopic (exact) mass is 270 g/mol. The van der Waals surface area contributed by atoms with Gasteiger partial charge in [-0.25, -0.2) is 4.98 Å². The number of nitrogens with one attached hydrogen (secondary N) is 2. The van der Waals surface area contributed by atoms with E-state index >= 15 is 0 Å². The summed E-state index contributed by atoms with van der Waals surface area (Å²) in [5, 5.41) is 7.88. The van der Waals surface area contributed by atoms with Crippen LogP contribution in [0, 0.1) is 11.8 Å². The Morgan fingerprint density at radius 2 is 2.00 bits per heavy atom. The lowest BCUT2D eigenvalue weighted by Crippen LogP contribution is -2.10. The summed E-state index contributed by atoms with van der Waals surface area (Å²) in [5.74, 6) is 3.33. The molecule has 0 aliphatic heterocycles. The van der Waals surface area contributed by atoms with E-state index in [1.807, 2.05) is 18.2 Å². The summed E-state index contributed by atoms with van der Waals surface area (Å²) in [6.07, 6.45) is 2.40. The molecule has 1 aromatic carbocycles. The van der Waals surface area contributed by atoms with Gasteiger partial charge in [0, 0.05) is 18.5 Å². The van der Waals surface area contributed by atoms with Gasteiger partial charge in [0.25, 0.3) is 0 Å². The fourth-order valence-electron chi connectivity index (χ4n) is 2.44. The maximum atomic E-state index is 4.63. The van der Waals surface area contributed by atoms with E-state index in [0.717, 1.165) is 54.0 Å². The van der Waals surface area contributed by atoms with Crippen molar-refractivity contribution in [3.8, 4) is 0 Å². The fraction of sp³-hybridized carbons (Fsp3) is 0.500. The van der Waals surface area contributed by atoms with Crippen molar-refractivity contribution in [1.29, 1.82) is 0 Å². The zero-order valence-corrected chi connectivity index (χ0v) is 12.2. The van der Waals surface area contributed by atoms with Crippen LogP contribution in [0.3, 0.4) is 0 Å². The van der Waals surface area contributed by atoms with Crippen molar-refractivity contribution in [2.75, 3.05) is 23.7 Å². The van der Waals surface area contributed by atoms with Gasteiger partial charge in [0.15, 0.2) is 0 Å². The van der Waals surface area contributed by atoms with E-state index < -0.39 is 0 Å². The topological polar surface area (TPSA) is 49.8 Å². The van der Waals surface area contributed by atoms with Crippen LogP contribution >= 0.6 is 0 Å². The first-order valence-corrected chi connectivity index (χ1v) is 7.52. The van der Waals surface area contributed by atoms with Gasteiger partial charge in [-0.15, -0.1) is 0 Å². The molecule has 106 valence electrons. The van der Waals surface area contributed by atoms with Crippen LogP contribution < -0.4 is 10.6 Å². The highest BCUT2D eigenvalue weighted by atomic mass is 15.1. The van der Waals surface area contributed by atoms with Gasteiger partial charge in [0.1, 0.15) is 5.82 Å². The maximum Gasteiger partial charge on any atom is 0.225 e. The van der Waals surface area contributed by atoms with E-state index in [1.54, 1.807) is 0 Å². The highest BCUT2D eigenvalue weighted by molar-refractivity contribution is 5.90. The van der Waals surface area contributed by atoms with Crippen molar-refractivity contribution in [3.63, 3.8) is 0 Å². The second-order valence-electron chi connectivity index (χ2n) is 5.69. The molecular weight excluding hydrogens is 248 g/mol. The average Bonchev–Trinajstić information content (AvgIpc) is 3.18. The summed E-state index contributed by atoms with van der Waals surface area (Å²) in [5.41, 5.74) is 0.993. The summed E-state index contributed by atoms with van der Waals surface area (Å²) in [4.78, 5) is 9.20. The molecule has 0 saturated heterocycles. The Morgan fingerprint density at radius 1 is 1.20 bits per heavy atom. The SMILES string of the molecule is CCCNc1nc(NCC2CC2C)c2ccccc2n1. The van der Waals surface area contributed by atoms with E-state index in [-0.39, 0.29) is 0 Å². The molecule has 3 rings (SSSR count). The zero-order valence-electron chi connectivity index (χ0n) is 12.2. The second kappa shape index (κ2) is 5.65. The number of para-hydroxylation sites is 1. The predicted molar refractivity (Wildman–Crippen MR) is 84.1 cm³/mol. The molecule has 1 aliphatic carbocycles. The molecule has 1 fully saturated rings. The molecule has 0 amide bonds. The molecule has 1 heterocycles. The summed E-state index contributed by atoms with van der Waals surface area (Å²) in [6, 6.07) is 8.18. The molecule has 1 saturated carbocycles. The van der Waals surface area contributed by atoms with Crippen molar-refractivity contribution in [1.82, 2.24) is 9.97 Å². The molecular formula is C16H22N4. The lowest BCUT2D eigenvalue weighted by Gasteiger charge is -2.11. The van der Waals surface area contributed by atoms with Crippen LogP contribution in [0.2, 0.25) is 0 Å². The molecule has 1 aliphatic rings. The average molecular weight is 270 g/mol. The minimum Gasteiger partial charge on any atom is -0.369 e. The Bertz CT molecular complexity index is 596. The quantitative estimate of drug-likeness (QED) is 0.843. The third kappa shape index (κ3) is 2.84. The van der Waals surface area contributed by atoms with Crippen LogP contribution in [0.15, 0.2) is 24.3 Å². The predicted octanol–water partition coefficient (Wildman–Crippen LogP) is 3.52. The minimum atomic E-state index is 0.719. The minimum absolute atomic E-state index is 0.719. The van der Waals surface area contributed by atoms with Gasteiger partial charge in [-0.1, -0.05) is 26.0 Å². The Labute approximate surface area is 120 Å². The van der Waals surface area contributed by atoms with E-state index in [2.05, 4.69) is 40.5 Å². The van der Waals surface area contributed by atoms with E-state index in [4.69, 9.17) is 0 Å². The molecule has 0 bridgehead atoms. The molecule has 1 aromatic heterocycles. The molecule has 2 aromatic rings. The third-order valence-electron chi connectivity index (χ3n) is 3.94. The first-order chi connectivity index (χ1) is 9.78. The number of benzene rings is 1.